The van der Waals surface area contributed by atoms with Crippen molar-refractivity contribution in [2.75, 3.05) is 19.7 Å². The third kappa shape index (κ3) is 1.70. The van der Waals surface area contributed by atoms with Crippen molar-refractivity contribution in [3.63, 3.8) is 0 Å². The van der Waals surface area contributed by atoms with Gasteiger partial charge in [0.2, 0.25) is 5.91 Å². The molecule has 0 spiro atoms. The number of rotatable bonds is 2. The minimum Gasteiger partial charge on any atom is -0.396 e. The largest absolute Gasteiger partial charge is 0.396 e. The number of aliphatic hydroxyl groups excluding tert-OH is 1. The van der Waals surface area contributed by atoms with Gasteiger partial charge < -0.3 is 10.0 Å². The third-order valence-electron chi connectivity index (χ3n) is 1.63. The number of likely N-dealkylation sites (tertiary alicyclic amines) is 1. The van der Waals surface area contributed by atoms with Gasteiger partial charge >= 0.3 is 0 Å². The first-order valence-corrected chi connectivity index (χ1v) is 3.55. The highest BCUT2D eigenvalue weighted by molar-refractivity contribution is 5.76. The Bertz CT molecular complexity index is 119. The minimum atomic E-state index is -0.0324. The second-order valence-electron chi connectivity index (χ2n) is 2.39. The van der Waals surface area contributed by atoms with E-state index in [1.165, 1.54) is 0 Å². The fourth-order valence-electron chi connectivity index (χ4n) is 1.07. The maximum atomic E-state index is 11.0. The molecule has 0 aliphatic carbocycles. The van der Waals surface area contributed by atoms with E-state index in [-0.39, 0.29) is 18.9 Å². The van der Waals surface area contributed by atoms with Gasteiger partial charge in [-0.05, 0) is 12.8 Å². The number of hydrogen-bond acceptors (Lipinski definition) is 2. The Labute approximate surface area is 60.6 Å². The smallest absolute Gasteiger partial charge is 0.224 e. The second kappa shape index (κ2) is 3.56. The molecule has 1 fully saturated rings. The second-order valence-corrected chi connectivity index (χ2v) is 2.39. The van der Waals surface area contributed by atoms with E-state index < -0.39 is 0 Å². The summed E-state index contributed by atoms with van der Waals surface area (Å²) >= 11 is 0. The molecule has 1 heterocycles. The van der Waals surface area contributed by atoms with Gasteiger partial charge in [-0.25, -0.2) is 0 Å². The summed E-state index contributed by atoms with van der Waals surface area (Å²) in [4.78, 5) is 12.8. The van der Waals surface area contributed by atoms with Crippen LogP contribution in [0.1, 0.15) is 12.8 Å². The van der Waals surface area contributed by atoms with E-state index in [0.717, 1.165) is 19.5 Å². The first kappa shape index (κ1) is 7.54. The lowest BCUT2D eigenvalue weighted by Gasteiger charge is -2.13. The average molecular weight is 142 g/mol. The van der Waals surface area contributed by atoms with E-state index in [9.17, 15) is 4.79 Å². The molecule has 0 bridgehead atoms. The monoisotopic (exact) mass is 142 g/mol. The van der Waals surface area contributed by atoms with Crippen LogP contribution in [0.5, 0.6) is 0 Å². The average Bonchev–Trinajstić information content (AvgIpc) is 2.38. The summed E-state index contributed by atoms with van der Waals surface area (Å²) in [5.41, 5.74) is 0. The molecule has 1 aliphatic heterocycles. The van der Waals surface area contributed by atoms with Crippen LogP contribution in [0.4, 0.5) is 0 Å². The molecular formula is C7H12NO2. The summed E-state index contributed by atoms with van der Waals surface area (Å²) < 4.78 is 0. The summed E-state index contributed by atoms with van der Waals surface area (Å²) in [5.74, 6) is 0.0660. The molecule has 1 radical (unpaired) electrons. The summed E-state index contributed by atoms with van der Waals surface area (Å²) in [5, 5.41) is 8.44. The quantitative estimate of drug-likeness (QED) is 0.580. The topological polar surface area (TPSA) is 40.5 Å². The van der Waals surface area contributed by atoms with Gasteiger partial charge in [0.25, 0.3) is 0 Å². The van der Waals surface area contributed by atoms with E-state index in [4.69, 9.17) is 5.11 Å². The molecule has 1 rings (SSSR count). The Hall–Kier alpha value is -0.570. The van der Waals surface area contributed by atoms with E-state index in [1.54, 1.807) is 4.90 Å². The van der Waals surface area contributed by atoms with Gasteiger partial charge in [-0.1, -0.05) is 0 Å². The van der Waals surface area contributed by atoms with Gasteiger partial charge in [0.05, 0.1) is 6.61 Å². The van der Waals surface area contributed by atoms with E-state index in [1.807, 2.05) is 0 Å². The van der Waals surface area contributed by atoms with E-state index in [0.29, 0.717) is 0 Å². The Balaban J connectivity index is 2.25. The minimum absolute atomic E-state index is 0.0324. The molecule has 0 aromatic carbocycles. The van der Waals surface area contributed by atoms with Crippen molar-refractivity contribution in [3.05, 3.63) is 6.42 Å². The lowest BCUT2D eigenvalue weighted by Crippen LogP contribution is -2.28. The fourth-order valence-corrected chi connectivity index (χ4v) is 1.07. The fraction of sp³-hybridized carbons (Fsp3) is 0.714. The first-order valence-electron chi connectivity index (χ1n) is 3.55. The Kier molecular flexibility index (Phi) is 2.68. The van der Waals surface area contributed by atoms with E-state index >= 15 is 0 Å². The SMILES string of the molecule is O=C(CCO)N1C[CH]CC1. The van der Waals surface area contributed by atoms with Crippen molar-refractivity contribution in [2.45, 2.75) is 12.8 Å². The summed E-state index contributed by atoms with van der Waals surface area (Å²) in [6.07, 6.45) is 3.35. The summed E-state index contributed by atoms with van der Waals surface area (Å²) in [7, 11) is 0. The van der Waals surface area contributed by atoms with Crippen molar-refractivity contribution in [1.29, 1.82) is 0 Å². The zero-order valence-corrected chi connectivity index (χ0v) is 5.92. The number of carbonyl (C=O) groups is 1. The number of hydrogen-bond donors (Lipinski definition) is 1. The molecule has 1 aliphatic rings. The molecule has 3 heteroatoms. The molecule has 0 saturated carbocycles. The molecule has 0 atom stereocenters. The standard InChI is InChI=1S/C7H12NO2/c9-6-3-7(10)8-4-1-2-5-8/h1,9H,2-6H2. The van der Waals surface area contributed by atoms with Crippen molar-refractivity contribution in [1.82, 2.24) is 4.90 Å². The van der Waals surface area contributed by atoms with Crippen LogP contribution in [0.3, 0.4) is 0 Å². The highest BCUT2D eigenvalue weighted by Gasteiger charge is 2.16. The Morgan fingerprint density at radius 2 is 2.50 bits per heavy atom. The molecule has 1 saturated heterocycles. The first-order chi connectivity index (χ1) is 4.84. The van der Waals surface area contributed by atoms with Crippen molar-refractivity contribution < 1.29 is 9.90 Å². The van der Waals surface area contributed by atoms with Gasteiger partial charge in [-0.2, -0.15) is 0 Å². The zero-order chi connectivity index (χ0) is 7.40. The van der Waals surface area contributed by atoms with Crippen LogP contribution in [0.25, 0.3) is 0 Å². The lowest BCUT2D eigenvalue weighted by molar-refractivity contribution is -0.130. The number of aliphatic hydroxyl groups is 1. The molecular weight excluding hydrogens is 130 g/mol. The molecule has 3 nitrogen and oxygen atoms in total. The molecule has 1 N–H and O–H groups in total. The van der Waals surface area contributed by atoms with Crippen molar-refractivity contribution >= 4 is 5.91 Å². The normalized spacial score (nSPS) is 17.9. The number of amides is 1. The highest BCUT2D eigenvalue weighted by Crippen LogP contribution is 2.07. The highest BCUT2D eigenvalue weighted by atomic mass is 16.3. The molecule has 0 aromatic rings. The van der Waals surface area contributed by atoms with Crippen molar-refractivity contribution in [3.8, 4) is 0 Å². The predicted molar refractivity (Wildman–Crippen MR) is 37.2 cm³/mol. The molecule has 10 heavy (non-hydrogen) atoms. The summed E-state index contributed by atoms with van der Waals surface area (Å²) in [6, 6.07) is 0. The summed E-state index contributed by atoms with van der Waals surface area (Å²) in [6.45, 7) is 1.56. The maximum absolute atomic E-state index is 11.0. The van der Waals surface area contributed by atoms with Crippen LogP contribution in [-0.2, 0) is 4.79 Å². The van der Waals surface area contributed by atoms with Gasteiger partial charge in [0.15, 0.2) is 0 Å². The van der Waals surface area contributed by atoms with Crippen LogP contribution in [0.15, 0.2) is 0 Å². The maximum Gasteiger partial charge on any atom is 0.224 e. The number of carbonyl (C=O) groups excluding carboxylic acids is 1. The lowest BCUT2D eigenvalue weighted by atomic mass is 10.4. The van der Waals surface area contributed by atoms with Crippen LogP contribution in [0.2, 0.25) is 0 Å². The Morgan fingerprint density at radius 3 is 3.00 bits per heavy atom. The molecule has 1 amide bonds. The molecule has 0 aromatic heterocycles. The van der Waals surface area contributed by atoms with Gasteiger partial charge in [-0.3, -0.25) is 4.79 Å². The van der Waals surface area contributed by atoms with Crippen LogP contribution >= 0.6 is 0 Å². The van der Waals surface area contributed by atoms with Gasteiger partial charge in [0.1, 0.15) is 0 Å². The van der Waals surface area contributed by atoms with E-state index in [2.05, 4.69) is 6.42 Å². The molecule has 0 unspecified atom stereocenters. The zero-order valence-electron chi connectivity index (χ0n) is 5.92. The Morgan fingerprint density at radius 1 is 1.70 bits per heavy atom. The van der Waals surface area contributed by atoms with Crippen molar-refractivity contribution in [2.24, 2.45) is 0 Å². The molecule has 57 valence electrons. The number of nitrogens with zero attached hydrogens (tertiary/aromatic N) is 1. The van der Waals surface area contributed by atoms with Crippen LogP contribution < -0.4 is 0 Å². The van der Waals surface area contributed by atoms with Gasteiger partial charge in [0, 0.05) is 19.5 Å². The van der Waals surface area contributed by atoms with Crippen LogP contribution in [0, 0.1) is 6.42 Å². The van der Waals surface area contributed by atoms with Crippen LogP contribution in [-0.4, -0.2) is 35.6 Å². The predicted octanol–water partition coefficient (Wildman–Crippen LogP) is -0.195. The third-order valence-corrected chi connectivity index (χ3v) is 1.63. The van der Waals surface area contributed by atoms with Gasteiger partial charge in [-0.15, -0.1) is 0 Å².